The number of hydrogen-bond acceptors (Lipinski definition) is 2. The van der Waals surface area contributed by atoms with Crippen molar-refractivity contribution < 1.29 is 14.7 Å². The van der Waals surface area contributed by atoms with Gasteiger partial charge in [-0.2, -0.15) is 0 Å². The van der Waals surface area contributed by atoms with Gasteiger partial charge in [-0.1, -0.05) is 62.7 Å². The minimum atomic E-state index is -0.985. The van der Waals surface area contributed by atoms with E-state index in [1.807, 2.05) is 56.3 Å². The van der Waals surface area contributed by atoms with Crippen LogP contribution in [-0.4, -0.2) is 23.0 Å². The molecule has 2 aromatic rings. The van der Waals surface area contributed by atoms with Crippen LogP contribution in [-0.2, 0) is 16.0 Å². The van der Waals surface area contributed by atoms with Gasteiger partial charge < -0.3 is 10.4 Å². The van der Waals surface area contributed by atoms with Crippen LogP contribution < -0.4 is 5.32 Å². The largest absolute Gasteiger partial charge is 0.480 e. The van der Waals surface area contributed by atoms with Gasteiger partial charge in [-0.25, -0.2) is 4.79 Å². The highest BCUT2D eigenvalue weighted by Crippen LogP contribution is 2.16. The van der Waals surface area contributed by atoms with Crippen molar-refractivity contribution in [2.24, 2.45) is 5.92 Å². The van der Waals surface area contributed by atoms with Crippen LogP contribution >= 0.6 is 0 Å². The summed E-state index contributed by atoms with van der Waals surface area (Å²) >= 11 is 0. The van der Waals surface area contributed by atoms with Gasteiger partial charge in [0.2, 0.25) is 5.91 Å². The molecule has 0 heterocycles. The molecule has 116 valence electrons. The highest BCUT2D eigenvalue weighted by atomic mass is 16.4. The number of fused-ring (bicyclic) bond motifs is 1. The average molecular weight is 299 g/mol. The second kappa shape index (κ2) is 7.07. The summed E-state index contributed by atoms with van der Waals surface area (Å²) < 4.78 is 0. The Morgan fingerprint density at radius 2 is 1.82 bits per heavy atom. The molecule has 0 aliphatic rings. The second-order valence-corrected chi connectivity index (χ2v) is 5.63. The number of carbonyl (C=O) groups is 2. The monoisotopic (exact) mass is 299 g/mol. The van der Waals surface area contributed by atoms with E-state index >= 15 is 0 Å². The van der Waals surface area contributed by atoms with Crippen LogP contribution in [0.5, 0.6) is 0 Å². The predicted molar refractivity (Wildman–Crippen MR) is 86.7 cm³/mol. The molecule has 0 aliphatic heterocycles. The van der Waals surface area contributed by atoms with Gasteiger partial charge in [0.25, 0.3) is 0 Å². The number of rotatable bonds is 6. The number of amides is 1. The summed E-state index contributed by atoms with van der Waals surface area (Å²) in [5.41, 5.74) is 0.879. The molecule has 0 saturated heterocycles. The van der Waals surface area contributed by atoms with E-state index in [1.54, 1.807) is 0 Å². The van der Waals surface area contributed by atoms with Crippen LogP contribution in [0.2, 0.25) is 0 Å². The van der Waals surface area contributed by atoms with Crippen molar-refractivity contribution >= 4 is 22.6 Å². The van der Waals surface area contributed by atoms with Crippen LogP contribution in [0.1, 0.15) is 25.8 Å². The summed E-state index contributed by atoms with van der Waals surface area (Å²) in [5.74, 6) is -1.35. The van der Waals surface area contributed by atoms with Crippen LogP contribution in [0.25, 0.3) is 10.8 Å². The number of aliphatic carboxylic acids is 1. The molecule has 4 nitrogen and oxygen atoms in total. The van der Waals surface area contributed by atoms with Gasteiger partial charge in [-0.15, -0.1) is 0 Å². The predicted octanol–water partition coefficient (Wildman–Crippen LogP) is 3.00. The lowest BCUT2D eigenvalue weighted by molar-refractivity contribution is -0.143. The third-order valence-electron chi connectivity index (χ3n) is 3.97. The molecule has 0 bridgehead atoms. The fraction of sp³-hybridized carbons (Fsp3) is 0.333. The Labute approximate surface area is 130 Å². The summed E-state index contributed by atoms with van der Waals surface area (Å²) in [4.78, 5) is 23.4. The number of carbonyl (C=O) groups excluding carboxylic acids is 1. The Kier molecular flexibility index (Phi) is 5.15. The molecule has 0 saturated carbocycles. The van der Waals surface area contributed by atoms with E-state index in [9.17, 15) is 14.7 Å². The van der Waals surface area contributed by atoms with E-state index in [-0.39, 0.29) is 18.2 Å². The first-order chi connectivity index (χ1) is 10.5. The number of carboxylic acid groups (broad SMARTS) is 1. The van der Waals surface area contributed by atoms with Crippen LogP contribution in [0.4, 0.5) is 0 Å². The van der Waals surface area contributed by atoms with Gasteiger partial charge in [0.1, 0.15) is 6.04 Å². The number of benzene rings is 2. The van der Waals surface area contributed by atoms with Gasteiger partial charge in [0.05, 0.1) is 6.42 Å². The molecule has 0 radical (unpaired) electrons. The van der Waals surface area contributed by atoms with E-state index < -0.39 is 12.0 Å². The van der Waals surface area contributed by atoms with Crippen LogP contribution in [0.15, 0.2) is 42.5 Å². The van der Waals surface area contributed by atoms with Gasteiger partial charge in [-0.05, 0) is 22.3 Å². The van der Waals surface area contributed by atoms with Crippen LogP contribution in [0, 0.1) is 5.92 Å². The van der Waals surface area contributed by atoms with E-state index in [0.29, 0.717) is 6.42 Å². The number of nitrogens with one attached hydrogen (secondary N) is 1. The summed E-state index contributed by atoms with van der Waals surface area (Å²) in [6, 6.07) is 12.9. The number of hydrogen-bond donors (Lipinski definition) is 2. The minimum absolute atomic E-state index is 0.0990. The average Bonchev–Trinajstić information content (AvgIpc) is 2.51. The minimum Gasteiger partial charge on any atom is -0.480 e. The van der Waals surface area contributed by atoms with Gasteiger partial charge in [-0.3, -0.25) is 4.79 Å². The topological polar surface area (TPSA) is 66.4 Å². The maximum absolute atomic E-state index is 12.1. The van der Waals surface area contributed by atoms with Gasteiger partial charge in [0.15, 0.2) is 0 Å². The van der Waals surface area contributed by atoms with Crippen LogP contribution in [0.3, 0.4) is 0 Å². The first-order valence-corrected chi connectivity index (χ1v) is 7.51. The van der Waals surface area contributed by atoms with Gasteiger partial charge >= 0.3 is 5.97 Å². The van der Waals surface area contributed by atoms with Crippen molar-refractivity contribution in [3.8, 4) is 0 Å². The molecular weight excluding hydrogens is 278 g/mol. The zero-order valence-corrected chi connectivity index (χ0v) is 12.9. The molecular formula is C18H21NO3. The summed E-state index contributed by atoms with van der Waals surface area (Å²) in [5, 5.41) is 14.0. The molecule has 0 aliphatic carbocycles. The Morgan fingerprint density at radius 1 is 1.14 bits per heavy atom. The molecule has 0 aromatic heterocycles. The highest BCUT2D eigenvalue weighted by molar-refractivity contribution is 5.87. The molecule has 0 unspecified atom stereocenters. The molecule has 0 fully saturated rings. The fourth-order valence-corrected chi connectivity index (χ4v) is 2.44. The highest BCUT2D eigenvalue weighted by Gasteiger charge is 2.25. The smallest absolute Gasteiger partial charge is 0.326 e. The second-order valence-electron chi connectivity index (χ2n) is 5.63. The normalized spacial score (nSPS) is 13.5. The van der Waals surface area contributed by atoms with E-state index in [4.69, 9.17) is 0 Å². The fourth-order valence-electron chi connectivity index (χ4n) is 2.44. The maximum atomic E-state index is 12.1. The Morgan fingerprint density at radius 3 is 2.45 bits per heavy atom. The van der Waals surface area contributed by atoms with Crippen molar-refractivity contribution in [2.45, 2.75) is 32.7 Å². The molecule has 2 rings (SSSR count). The summed E-state index contributed by atoms with van der Waals surface area (Å²) in [7, 11) is 0. The molecule has 2 N–H and O–H groups in total. The quantitative estimate of drug-likeness (QED) is 0.861. The molecule has 0 spiro atoms. The lowest BCUT2D eigenvalue weighted by Gasteiger charge is -2.20. The molecule has 2 aromatic carbocycles. The maximum Gasteiger partial charge on any atom is 0.326 e. The molecule has 1 amide bonds. The molecule has 2 atom stereocenters. The first-order valence-electron chi connectivity index (χ1n) is 7.51. The van der Waals surface area contributed by atoms with Crippen molar-refractivity contribution in [2.75, 3.05) is 0 Å². The Bertz CT molecular complexity index is 681. The Balaban J connectivity index is 2.08. The van der Waals surface area contributed by atoms with Crippen molar-refractivity contribution in [3.05, 3.63) is 48.0 Å². The Hall–Kier alpha value is -2.36. The lowest BCUT2D eigenvalue weighted by Crippen LogP contribution is -2.45. The van der Waals surface area contributed by atoms with Gasteiger partial charge in [0, 0.05) is 0 Å². The zero-order valence-electron chi connectivity index (χ0n) is 12.9. The van der Waals surface area contributed by atoms with Crippen molar-refractivity contribution in [1.29, 1.82) is 0 Å². The summed E-state index contributed by atoms with van der Waals surface area (Å²) in [6.07, 6.45) is 0.887. The third-order valence-corrected chi connectivity index (χ3v) is 3.97. The molecule has 4 heteroatoms. The first kappa shape index (κ1) is 16.0. The zero-order chi connectivity index (χ0) is 16.1. The summed E-state index contributed by atoms with van der Waals surface area (Å²) in [6.45, 7) is 3.74. The van der Waals surface area contributed by atoms with E-state index in [2.05, 4.69) is 5.32 Å². The van der Waals surface area contributed by atoms with E-state index in [0.717, 1.165) is 16.3 Å². The molecule has 22 heavy (non-hydrogen) atoms. The number of carboxylic acids is 1. The van der Waals surface area contributed by atoms with E-state index in [1.165, 1.54) is 0 Å². The lowest BCUT2D eigenvalue weighted by atomic mass is 9.98. The standard InChI is InChI=1S/C18H21NO3/c1-3-12(2)17(18(21)22)19-16(20)11-13-8-9-14-6-4-5-7-15(14)10-13/h4-10,12,17H,3,11H2,1-2H3,(H,19,20)(H,21,22)/t12-,17+/m0/s1. The SMILES string of the molecule is CC[C@H](C)[C@@H](NC(=O)Cc1ccc2ccccc2c1)C(=O)O. The van der Waals surface area contributed by atoms with Crippen molar-refractivity contribution in [1.82, 2.24) is 5.32 Å². The van der Waals surface area contributed by atoms with Crippen molar-refractivity contribution in [3.63, 3.8) is 0 Å². The third kappa shape index (κ3) is 3.85.